The third kappa shape index (κ3) is 2.78. The molecule has 1 fully saturated rings. The molecule has 1 aliphatic heterocycles. The van der Waals surface area contributed by atoms with Crippen LogP contribution in [0.2, 0.25) is 5.02 Å². The third-order valence-corrected chi connectivity index (χ3v) is 3.45. The van der Waals surface area contributed by atoms with Gasteiger partial charge in [0.25, 0.3) is 0 Å². The Bertz CT molecular complexity index is 591. The van der Waals surface area contributed by atoms with E-state index in [1.165, 1.54) is 0 Å². The molecule has 1 saturated heterocycles. The minimum absolute atomic E-state index is 0.0509. The van der Waals surface area contributed by atoms with Crippen molar-refractivity contribution in [2.24, 2.45) is 5.92 Å². The molecule has 0 radical (unpaired) electrons. The van der Waals surface area contributed by atoms with Crippen molar-refractivity contribution in [2.75, 3.05) is 18.1 Å². The highest BCUT2D eigenvalue weighted by Gasteiger charge is 2.30. The first-order valence-electron chi connectivity index (χ1n) is 6.30. The first-order chi connectivity index (χ1) is 9.56. The van der Waals surface area contributed by atoms with Gasteiger partial charge in [-0.05, 0) is 25.1 Å². The second-order valence-electron chi connectivity index (χ2n) is 4.46. The van der Waals surface area contributed by atoms with Crippen LogP contribution in [0.5, 0.6) is 0 Å². The number of amides is 1. The van der Waals surface area contributed by atoms with E-state index in [2.05, 4.69) is 5.92 Å². The zero-order valence-corrected chi connectivity index (χ0v) is 11.8. The molecule has 0 aliphatic carbocycles. The summed E-state index contributed by atoms with van der Waals surface area (Å²) in [5.41, 5.74) is 0.864. The summed E-state index contributed by atoms with van der Waals surface area (Å²) in [6, 6.07) is 4.85. The monoisotopic (exact) mass is 291 g/mol. The molecule has 0 bridgehead atoms. The Morgan fingerprint density at radius 1 is 1.60 bits per heavy atom. The average Bonchev–Trinajstić information content (AvgIpc) is 2.81. The van der Waals surface area contributed by atoms with Gasteiger partial charge in [0.2, 0.25) is 5.91 Å². The second kappa shape index (κ2) is 5.98. The maximum absolute atomic E-state index is 11.9. The third-order valence-electron chi connectivity index (χ3n) is 3.12. The van der Waals surface area contributed by atoms with Crippen LogP contribution in [0.3, 0.4) is 0 Å². The predicted molar refractivity (Wildman–Crippen MR) is 76.7 cm³/mol. The van der Waals surface area contributed by atoms with Crippen molar-refractivity contribution >= 4 is 29.2 Å². The lowest BCUT2D eigenvalue weighted by atomic mass is 10.1. The lowest BCUT2D eigenvalue weighted by molar-refractivity contribution is -0.117. The van der Waals surface area contributed by atoms with E-state index >= 15 is 0 Å². The zero-order chi connectivity index (χ0) is 14.7. The van der Waals surface area contributed by atoms with Gasteiger partial charge >= 0.3 is 5.97 Å². The molecule has 0 saturated carbocycles. The molecule has 1 aromatic carbocycles. The molecule has 5 heteroatoms. The molecule has 104 valence electrons. The molecule has 1 unspecified atom stereocenters. The fourth-order valence-corrected chi connectivity index (χ4v) is 2.31. The Morgan fingerprint density at radius 2 is 2.35 bits per heavy atom. The van der Waals surface area contributed by atoms with Gasteiger partial charge in [0.05, 0.1) is 17.2 Å². The number of hydrogen-bond acceptors (Lipinski definition) is 3. The highest BCUT2D eigenvalue weighted by atomic mass is 35.5. The number of benzene rings is 1. The number of carbonyl (C=O) groups is 2. The van der Waals surface area contributed by atoms with Gasteiger partial charge in [-0.15, -0.1) is 12.3 Å². The summed E-state index contributed by atoms with van der Waals surface area (Å²) in [4.78, 5) is 25.3. The first kappa shape index (κ1) is 14.4. The standard InChI is InChI=1S/C15H14ClNO3/c1-3-10-7-14(18)17(9-10)11-5-6-13(16)12(8-11)15(19)20-4-2/h1,5-6,8,10H,4,7,9H2,2H3. The van der Waals surface area contributed by atoms with Crippen LogP contribution in [-0.2, 0) is 9.53 Å². The molecule has 1 aromatic rings. The van der Waals surface area contributed by atoms with Crippen LogP contribution in [0.1, 0.15) is 23.7 Å². The average molecular weight is 292 g/mol. The van der Waals surface area contributed by atoms with Crippen molar-refractivity contribution in [3.8, 4) is 12.3 Å². The number of carbonyl (C=O) groups excluding carboxylic acids is 2. The number of hydrogen-bond donors (Lipinski definition) is 0. The highest BCUT2D eigenvalue weighted by Crippen LogP contribution is 2.28. The van der Waals surface area contributed by atoms with Gasteiger partial charge in [0.1, 0.15) is 0 Å². The van der Waals surface area contributed by atoms with Crippen LogP contribution in [0, 0.1) is 18.3 Å². The van der Waals surface area contributed by atoms with Crippen LogP contribution in [0.25, 0.3) is 0 Å². The summed E-state index contributed by atoms with van der Waals surface area (Å²) in [6.07, 6.45) is 5.68. The van der Waals surface area contributed by atoms with Gasteiger partial charge in [-0.2, -0.15) is 0 Å². The maximum atomic E-state index is 11.9. The normalized spacial score (nSPS) is 17.9. The fraction of sp³-hybridized carbons (Fsp3) is 0.333. The number of halogens is 1. The molecule has 1 atom stereocenters. The van der Waals surface area contributed by atoms with Crippen LogP contribution < -0.4 is 4.90 Å². The summed E-state index contributed by atoms with van der Waals surface area (Å²) in [5.74, 6) is 1.94. The topological polar surface area (TPSA) is 46.6 Å². The Hall–Kier alpha value is -1.99. The van der Waals surface area contributed by atoms with Crippen LogP contribution in [-0.4, -0.2) is 25.0 Å². The minimum Gasteiger partial charge on any atom is -0.462 e. The van der Waals surface area contributed by atoms with Crippen molar-refractivity contribution in [1.29, 1.82) is 0 Å². The van der Waals surface area contributed by atoms with E-state index in [1.54, 1.807) is 30.0 Å². The van der Waals surface area contributed by atoms with E-state index in [9.17, 15) is 9.59 Å². The number of ether oxygens (including phenoxy) is 1. The number of terminal acetylenes is 1. The fourth-order valence-electron chi connectivity index (χ4n) is 2.12. The molecule has 1 aliphatic rings. The van der Waals surface area contributed by atoms with Gasteiger partial charge in [0.15, 0.2) is 0 Å². The predicted octanol–water partition coefficient (Wildman–Crippen LogP) is 2.50. The summed E-state index contributed by atoms with van der Waals surface area (Å²) < 4.78 is 4.94. The molecular formula is C15H14ClNO3. The van der Waals surface area contributed by atoms with E-state index in [0.717, 1.165) is 0 Å². The van der Waals surface area contributed by atoms with Crippen molar-refractivity contribution in [3.05, 3.63) is 28.8 Å². The smallest absolute Gasteiger partial charge is 0.339 e. The molecule has 0 N–H and O–H groups in total. The molecule has 0 spiro atoms. The first-order valence-corrected chi connectivity index (χ1v) is 6.67. The number of nitrogens with zero attached hydrogens (tertiary/aromatic N) is 1. The number of anilines is 1. The van der Waals surface area contributed by atoms with E-state index < -0.39 is 5.97 Å². The van der Waals surface area contributed by atoms with Crippen LogP contribution in [0.15, 0.2) is 18.2 Å². The Kier molecular flexibility index (Phi) is 4.31. The van der Waals surface area contributed by atoms with Gasteiger partial charge in [0, 0.05) is 24.6 Å². The van der Waals surface area contributed by atoms with Gasteiger partial charge in [-0.1, -0.05) is 11.6 Å². The van der Waals surface area contributed by atoms with Gasteiger partial charge in [-0.3, -0.25) is 4.79 Å². The summed E-state index contributed by atoms with van der Waals surface area (Å²) in [6.45, 7) is 2.44. The molecule has 0 aromatic heterocycles. The van der Waals surface area contributed by atoms with E-state index in [-0.39, 0.29) is 24.0 Å². The molecule has 20 heavy (non-hydrogen) atoms. The molecule has 1 amide bonds. The molecular weight excluding hydrogens is 278 g/mol. The molecule has 1 heterocycles. The quantitative estimate of drug-likeness (QED) is 0.635. The summed E-state index contributed by atoms with van der Waals surface area (Å²) >= 11 is 5.99. The Balaban J connectivity index is 2.30. The molecule has 4 nitrogen and oxygen atoms in total. The SMILES string of the molecule is C#CC1CC(=O)N(c2ccc(Cl)c(C(=O)OCC)c2)C1. The number of rotatable bonds is 3. The minimum atomic E-state index is -0.500. The van der Waals surface area contributed by atoms with Gasteiger partial charge in [-0.25, -0.2) is 4.79 Å². The number of esters is 1. The van der Waals surface area contributed by atoms with E-state index in [0.29, 0.717) is 23.7 Å². The van der Waals surface area contributed by atoms with Crippen molar-refractivity contribution in [3.63, 3.8) is 0 Å². The Labute approximate surface area is 122 Å². The summed E-state index contributed by atoms with van der Waals surface area (Å²) in [5, 5.41) is 0.298. The lowest BCUT2D eigenvalue weighted by Gasteiger charge is -2.17. The van der Waals surface area contributed by atoms with Crippen molar-refractivity contribution in [1.82, 2.24) is 0 Å². The maximum Gasteiger partial charge on any atom is 0.339 e. The van der Waals surface area contributed by atoms with E-state index in [4.69, 9.17) is 22.8 Å². The van der Waals surface area contributed by atoms with Crippen LogP contribution in [0.4, 0.5) is 5.69 Å². The van der Waals surface area contributed by atoms with E-state index in [1.807, 2.05) is 0 Å². The largest absolute Gasteiger partial charge is 0.462 e. The second-order valence-corrected chi connectivity index (χ2v) is 4.86. The zero-order valence-electron chi connectivity index (χ0n) is 11.1. The molecule has 2 rings (SSSR count). The van der Waals surface area contributed by atoms with Crippen molar-refractivity contribution in [2.45, 2.75) is 13.3 Å². The highest BCUT2D eigenvalue weighted by molar-refractivity contribution is 6.33. The Morgan fingerprint density at radius 3 is 2.95 bits per heavy atom. The lowest BCUT2D eigenvalue weighted by Crippen LogP contribution is -2.24. The van der Waals surface area contributed by atoms with Gasteiger partial charge < -0.3 is 9.64 Å². The summed E-state index contributed by atoms with van der Waals surface area (Å²) in [7, 11) is 0. The van der Waals surface area contributed by atoms with Crippen LogP contribution >= 0.6 is 11.6 Å². The van der Waals surface area contributed by atoms with Crippen molar-refractivity contribution < 1.29 is 14.3 Å².